The molecule has 0 spiro atoms. The Kier molecular flexibility index (Phi) is 4.21. The predicted molar refractivity (Wildman–Crippen MR) is 95.4 cm³/mol. The zero-order chi connectivity index (χ0) is 17.4. The van der Waals surface area contributed by atoms with Gasteiger partial charge in [0.2, 0.25) is 11.8 Å². The molecule has 1 atom stereocenters. The molecule has 1 aromatic heterocycles. The normalized spacial score (nSPS) is 21.5. The lowest BCUT2D eigenvalue weighted by Gasteiger charge is -2.41. The number of fused-ring (bicyclic) bond motifs is 1. The molecule has 0 radical (unpaired) electrons. The van der Waals surface area contributed by atoms with Gasteiger partial charge in [0.1, 0.15) is 6.04 Å². The molecular weight excluding hydrogens is 318 g/mol. The van der Waals surface area contributed by atoms with Crippen molar-refractivity contribution in [2.24, 2.45) is 5.92 Å². The summed E-state index contributed by atoms with van der Waals surface area (Å²) in [5.74, 6) is 0.274. The number of carbonyl (C=O) groups is 2. The first-order chi connectivity index (χ1) is 12.1. The number of piperidine rings is 1. The van der Waals surface area contributed by atoms with Crippen molar-refractivity contribution in [1.29, 1.82) is 0 Å². The van der Waals surface area contributed by atoms with Gasteiger partial charge in [0, 0.05) is 49.6 Å². The Bertz CT molecular complexity index is 807. The van der Waals surface area contributed by atoms with Gasteiger partial charge in [-0.2, -0.15) is 0 Å². The third-order valence-corrected chi connectivity index (χ3v) is 5.31. The number of anilines is 1. The van der Waals surface area contributed by atoms with Gasteiger partial charge in [0.15, 0.2) is 0 Å². The van der Waals surface area contributed by atoms with Crippen molar-refractivity contribution in [3.05, 3.63) is 30.6 Å². The number of imide groups is 1. The number of benzene rings is 1. The van der Waals surface area contributed by atoms with Crippen LogP contribution in [0, 0.1) is 5.92 Å². The molecular formula is C19H23N3O3. The summed E-state index contributed by atoms with van der Waals surface area (Å²) in [4.78, 5) is 25.7. The Balaban J connectivity index is 1.49. The lowest BCUT2D eigenvalue weighted by molar-refractivity contribution is -0.135. The maximum absolute atomic E-state index is 12.1. The topological polar surface area (TPSA) is 74.6 Å². The smallest absolute Gasteiger partial charge is 0.249 e. The number of amides is 2. The van der Waals surface area contributed by atoms with Crippen molar-refractivity contribution in [3.8, 4) is 0 Å². The Morgan fingerprint density at radius 1 is 1.16 bits per heavy atom. The average Bonchev–Trinajstić information content (AvgIpc) is 2.96. The predicted octanol–water partition coefficient (Wildman–Crippen LogP) is 1.83. The van der Waals surface area contributed by atoms with Crippen molar-refractivity contribution >= 4 is 28.3 Å². The fourth-order valence-electron chi connectivity index (χ4n) is 3.84. The first kappa shape index (κ1) is 16.1. The van der Waals surface area contributed by atoms with E-state index in [1.807, 2.05) is 17.0 Å². The highest BCUT2D eigenvalue weighted by Gasteiger charge is 2.29. The minimum atomic E-state index is -0.305. The van der Waals surface area contributed by atoms with Crippen LogP contribution in [-0.4, -0.2) is 41.2 Å². The number of aromatic nitrogens is 1. The second-order valence-electron chi connectivity index (χ2n) is 7.12. The van der Waals surface area contributed by atoms with Crippen LogP contribution in [0.5, 0.6) is 0 Å². The fourth-order valence-corrected chi connectivity index (χ4v) is 3.84. The molecule has 0 aliphatic carbocycles. The minimum Gasteiger partial charge on any atom is -0.396 e. The second kappa shape index (κ2) is 6.52. The van der Waals surface area contributed by atoms with E-state index in [1.165, 1.54) is 5.69 Å². The van der Waals surface area contributed by atoms with E-state index in [0.717, 1.165) is 36.7 Å². The minimum absolute atomic E-state index is 0.186. The molecule has 0 bridgehead atoms. The zero-order valence-electron chi connectivity index (χ0n) is 14.1. The largest absolute Gasteiger partial charge is 0.396 e. The maximum atomic E-state index is 12.1. The molecule has 2 saturated heterocycles. The molecule has 6 heteroatoms. The van der Waals surface area contributed by atoms with Gasteiger partial charge in [-0.05, 0) is 42.7 Å². The summed E-state index contributed by atoms with van der Waals surface area (Å²) in [6.45, 7) is 2.36. The summed E-state index contributed by atoms with van der Waals surface area (Å²) in [6, 6.07) is 6.08. The Morgan fingerprint density at radius 3 is 2.72 bits per heavy atom. The van der Waals surface area contributed by atoms with E-state index < -0.39 is 0 Å². The highest BCUT2D eigenvalue weighted by atomic mass is 16.3. The fraction of sp³-hybridized carbons (Fsp3) is 0.474. The molecule has 2 aromatic rings. The average molecular weight is 341 g/mol. The van der Waals surface area contributed by atoms with Crippen LogP contribution in [0.4, 0.5) is 5.69 Å². The van der Waals surface area contributed by atoms with E-state index in [4.69, 9.17) is 5.11 Å². The third-order valence-electron chi connectivity index (χ3n) is 5.31. The standard InChI is InChI=1S/C19H23N3O3/c23-7-1-2-13-9-21(10-13)16-4-3-14-11-22(12-15(14)8-16)17-5-6-18(24)20-19(17)25/h3-4,8,11-13,17,23H,1-2,5-7,9-10H2,(H,20,24,25). The number of aliphatic hydroxyl groups excluding tert-OH is 1. The van der Waals surface area contributed by atoms with Crippen LogP contribution in [0.3, 0.4) is 0 Å². The van der Waals surface area contributed by atoms with E-state index in [-0.39, 0.29) is 24.5 Å². The van der Waals surface area contributed by atoms with E-state index in [2.05, 4.69) is 28.4 Å². The molecule has 2 aliphatic heterocycles. The first-order valence-corrected chi connectivity index (χ1v) is 8.95. The van der Waals surface area contributed by atoms with Crippen LogP contribution >= 0.6 is 0 Å². The van der Waals surface area contributed by atoms with E-state index in [0.29, 0.717) is 18.8 Å². The molecule has 132 valence electrons. The van der Waals surface area contributed by atoms with Crippen LogP contribution in [-0.2, 0) is 9.59 Å². The van der Waals surface area contributed by atoms with Gasteiger partial charge in [-0.3, -0.25) is 14.9 Å². The van der Waals surface area contributed by atoms with Crippen LogP contribution < -0.4 is 10.2 Å². The maximum Gasteiger partial charge on any atom is 0.249 e. The number of carbonyl (C=O) groups excluding carboxylic acids is 2. The van der Waals surface area contributed by atoms with Crippen molar-refractivity contribution < 1.29 is 14.7 Å². The molecule has 1 aromatic carbocycles. The van der Waals surface area contributed by atoms with Gasteiger partial charge in [-0.1, -0.05) is 6.07 Å². The summed E-state index contributed by atoms with van der Waals surface area (Å²) < 4.78 is 1.93. The van der Waals surface area contributed by atoms with Crippen LogP contribution in [0.2, 0.25) is 0 Å². The summed E-state index contributed by atoms with van der Waals surface area (Å²) in [5.41, 5.74) is 1.20. The van der Waals surface area contributed by atoms with Gasteiger partial charge in [0.25, 0.3) is 0 Å². The van der Waals surface area contributed by atoms with Gasteiger partial charge in [-0.15, -0.1) is 0 Å². The number of rotatable bonds is 5. The lowest BCUT2D eigenvalue weighted by Crippen LogP contribution is -2.46. The Morgan fingerprint density at radius 2 is 1.96 bits per heavy atom. The highest BCUT2D eigenvalue weighted by Crippen LogP contribution is 2.31. The summed E-state index contributed by atoms with van der Waals surface area (Å²) in [7, 11) is 0. The molecule has 2 amide bonds. The summed E-state index contributed by atoms with van der Waals surface area (Å²) >= 11 is 0. The quantitative estimate of drug-likeness (QED) is 0.814. The van der Waals surface area contributed by atoms with E-state index >= 15 is 0 Å². The molecule has 2 N–H and O–H groups in total. The first-order valence-electron chi connectivity index (χ1n) is 8.95. The zero-order valence-corrected chi connectivity index (χ0v) is 14.1. The van der Waals surface area contributed by atoms with Crippen molar-refractivity contribution in [2.45, 2.75) is 31.7 Å². The highest BCUT2D eigenvalue weighted by molar-refractivity contribution is 5.99. The van der Waals surface area contributed by atoms with Gasteiger partial charge >= 0.3 is 0 Å². The summed E-state index contributed by atoms with van der Waals surface area (Å²) in [5, 5.41) is 13.5. The SMILES string of the molecule is O=C1CCC(n2cc3ccc(N4CC(CCCO)C4)cc3c2)C(=O)N1. The molecule has 3 heterocycles. The van der Waals surface area contributed by atoms with Crippen molar-refractivity contribution in [3.63, 3.8) is 0 Å². The number of nitrogens with zero attached hydrogens (tertiary/aromatic N) is 2. The lowest BCUT2D eigenvalue weighted by atomic mass is 9.94. The van der Waals surface area contributed by atoms with Crippen LogP contribution in [0.1, 0.15) is 31.7 Å². The number of hydrogen-bond donors (Lipinski definition) is 2. The molecule has 2 fully saturated rings. The van der Waals surface area contributed by atoms with Crippen LogP contribution in [0.15, 0.2) is 30.6 Å². The van der Waals surface area contributed by atoms with E-state index in [9.17, 15) is 9.59 Å². The number of hydrogen-bond acceptors (Lipinski definition) is 4. The molecule has 2 aliphatic rings. The molecule has 0 saturated carbocycles. The van der Waals surface area contributed by atoms with E-state index in [1.54, 1.807) is 0 Å². The summed E-state index contributed by atoms with van der Waals surface area (Å²) in [6.07, 6.45) is 6.89. The van der Waals surface area contributed by atoms with Gasteiger partial charge in [-0.25, -0.2) is 0 Å². The number of nitrogens with one attached hydrogen (secondary N) is 1. The Hall–Kier alpha value is -2.34. The molecule has 6 nitrogen and oxygen atoms in total. The molecule has 4 rings (SSSR count). The molecule has 25 heavy (non-hydrogen) atoms. The monoisotopic (exact) mass is 341 g/mol. The second-order valence-corrected chi connectivity index (χ2v) is 7.12. The van der Waals surface area contributed by atoms with Gasteiger partial charge in [0.05, 0.1) is 0 Å². The van der Waals surface area contributed by atoms with Crippen LogP contribution in [0.25, 0.3) is 10.8 Å². The molecule has 1 unspecified atom stereocenters. The Labute approximate surface area is 146 Å². The van der Waals surface area contributed by atoms with Gasteiger partial charge < -0.3 is 14.6 Å². The van der Waals surface area contributed by atoms with Crippen molar-refractivity contribution in [2.75, 3.05) is 24.6 Å². The van der Waals surface area contributed by atoms with Crippen molar-refractivity contribution in [1.82, 2.24) is 9.88 Å². The number of aliphatic hydroxyl groups is 1. The third kappa shape index (κ3) is 3.14.